The molecule has 2 aromatic rings. The van der Waals surface area contributed by atoms with Gasteiger partial charge in [0.15, 0.2) is 0 Å². The van der Waals surface area contributed by atoms with E-state index >= 15 is 0 Å². The first-order valence-electron chi connectivity index (χ1n) is 7.25. The van der Waals surface area contributed by atoms with Gasteiger partial charge in [0.2, 0.25) is 5.88 Å². The van der Waals surface area contributed by atoms with Crippen molar-refractivity contribution < 1.29 is 9.13 Å². The molecule has 3 rings (SSSR count). The third-order valence-corrected chi connectivity index (χ3v) is 3.62. The first-order valence-corrected chi connectivity index (χ1v) is 7.25. The molecule has 110 valence electrons. The third kappa shape index (κ3) is 3.58. The number of ether oxygens (including phenoxy) is 1. The number of nitrogens with zero attached hydrogens (tertiary/aromatic N) is 1. The zero-order valence-electron chi connectivity index (χ0n) is 12.3. The number of pyridine rings is 1. The molecule has 0 unspecified atom stereocenters. The van der Waals surface area contributed by atoms with Crippen molar-refractivity contribution >= 4 is 0 Å². The molecule has 21 heavy (non-hydrogen) atoms. The van der Waals surface area contributed by atoms with Gasteiger partial charge in [-0.2, -0.15) is 0 Å². The summed E-state index contributed by atoms with van der Waals surface area (Å²) in [7, 11) is 0. The van der Waals surface area contributed by atoms with Crippen molar-refractivity contribution in [2.45, 2.75) is 39.3 Å². The standard InChI is InChI=1S/C17H19FN2O/c1-11-3-4-14(18)8-16(11)21-17-12(2)7-13(10-20-17)9-19-15-5-6-15/h3-4,7-8,10,15,19H,5-6,9H2,1-2H3. The maximum Gasteiger partial charge on any atom is 0.222 e. The zero-order chi connectivity index (χ0) is 14.8. The lowest BCUT2D eigenvalue weighted by Crippen LogP contribution is -2.15. The topological polar surface area (TPSA) is 34.1 Å². The fourth-order valence-electron chi connectivity index (χ4n) is 2.16. The van der Waals surface area contributed by atoms with Crippen LogP contribution in [0.1, 0.15) is 29.5 Å². The minimum absolute atomic E-state index is 0.307. The van der Waals surface area contributed by atoms with Gasteiger partial charge in [-0.05, 0) is 49.9 Å². The summed E-state index contributed by atoms with van der Waals surface area (Å²) >= 11 is 0. The second kappa shape index (κ2) is 5.82. The molecule has 0 aliphatic heterocycles. The van der Waals surface area contributed by atoms with E-state index in [-0.39, 0.29) is 5.82 Å². The van der Waals surface area contributed by atoms with Crippen molar-refractivity contribution in [3.8, 4) is 11.6 Å². The molecule has 1 aliphatic rings. The molecule has 1 heterocycles. The molecule has 1 aliphatic carbocycles. The summed E-state index contributed by atoms with van der Waals surface area (Å²) < 4.78 is 19.0. The summed E-state index contributed by atoms with van der Waals surface area (Å²) in [6, 6.07) is 7.25. The van der Waals surface area contributed by atoms with E-state index in [1.54, 1.807) is 6.07 Å². The lowest BCUT2D eigenvalue weighted by Gasteiger charge is -2.11. The van der Waals surface area contributed by atoms with Crippen molar-refractivity contribution in [2.75, 3.05) is 0 Å². The number of hydrogen-bond acceptors (Lipinski definition) is 3. The number of aromatic nitrogens is 1. The van der Waals surface area contributed by atoms with Gasteiger partial charge in [-0.25, -0.2) is 9.37 Å². The quantitative estimate of drug-likeness (QED) is 0.905. The zero-order valence-corrected chi connectivity index (χ0v) is 12.3. The molecule has 1 N–H and O–H groups in total. The monoisotopic (exact) mass is 286 g/mol. The van der Waals surface area contributed by atoms with Crippen LogP contribution in [0.5, 0.6) is 11.6 Å². The minimum atomic E-state index is -0.307. The first-order chi connectivity index (χ1) is 10.1. The van der Waals surface area contributed by atoms with Crippen molar-refractivity contribution in [2.24, 2.45) is 0 Å². The van der Waals surface area contributed by atoms with Gasteiger partial charge in [0.1, 0.15) is 11.6 Å². The Labute approximate surface area is 124 Å². The maximum atomic E-state index is 13.3. The van der Waals surface area contributed by atoms with Crippen molar-refractivity contribution in [3.05, 3.63) is 53.0 Å². The molecule has 1 saturated carbocycles. The summed E-state index contributed by atoms with van der Waals surface area (Å²) in [6.45, 7) is 4.67. The highest BCUT2D eigenvalue weighted by molar-refractivity contribution is 5.38. The second-order valence-electron chi connectivity index (χ2n) is 5.63. The summed E-state index contributed by atoms with van der Waals surface area (Å²) in [5, 5.41) is 3.46. The first kappa shape index (κ1) is 14.0. The molecule has 4 heteroatoms. The maximum absolute atomic E-state index is 13.3. The van der Waals surface area contributed by atoms with E-state index in [2.05, 4.69) is 16.4 Å². The van der Waals surface area contributed by atoms with Gasteiger partial charge in [-0.15, -0.1) is 0 Å². The van der Waals surface area contributed by atoms with E-state index in [0.29, 0.717) is 17.7 Å². The van der Waals surface area contributed by atoms with E-state index in [4.69, 9.17) is 4.74 Å². The van der Waals surface area contributed by atoms with E-state index in [0.717, 1.165) is 23.2 Å². The van der Waals surface area contributed by atoms with Crippen LogP contribution in [0.25, 0.3) is 0 Å². The highest BCUT2D eigenvalue weighted by Gasteiger charge is 2.20. The summed E-state index contributed by atoms with van der Waals surface area (Å²) in [5.41, 5.74) is 2.98. The Balaban J connectivity index is 1.74. The predicted octanol–water partition coefficient (Wildman–Crippen LogP) is 3.88. The van der Waals surface area contributed by atoms with Crippen LogP contribution < -0.4 is 10.1 Å². The molecule has 3 nitrogen and oxygen atoms in total. The Bertz CT molecular complexity index is 653. The van der Waals surface area contributed by atoms with E-state index < -0.39 is 0 Å². The van der Waals surface area contributed by atoms with Crippen LogP contribution in [-0.4, -0.2) is 11.0 Å². The number of halogens is 1. The summed E-state index contributed by atoms with van der Waals surface area (Å²) in [5.74, 6) is 0.729. The number of hydrogen-bond donors (Lipinski definition) is 1. The number of aryl methyl sites for hydroxylation is 2. The van der Waals surface area contributed by atoms with Crippen LogP contribution in [-0.2, 0) is 6.54 Å². The van der Waals surface area contributed by atoms with Crippen LogP contribution in [0.15, 0.2) is 30.5 Å². The summed E-state index contributed by atoms with van der Waals surface area (Å²) in [4.78, 5) is 4.36. The molecular weight excluding hydrogens is 267 g/mol. The largest absolute Gasteiger partial charge is 0.438 e. The van der Waals surface area contributed by atoms with Gasteiger partial charge in [-0.3, -0.25) is 0 Å². The van der Waals surface area contributed by atoms with Crippen LogP contribution >= 0.6 is 0 Å². The smallest absolute Gasteiger partial charge is 0.222 e. The molecule has 0 radical (unpaired) electrons. The van der Waals surface area contributed by atoms with Gasteiger partial charge in [0.05, 0.1) is 0 Å². The van der Waals surface area contributed by atoms with Crippen molar-refractivity contribution in [1.82, 2.24) is 10.3 Å². The Kier molecular flexibility index (Phi) is 3.88. The second-order valence-corrected chi connectivity index (χ2v) is 5.63. The van der Waals surface area contributed by atoms with Gasteiger partial charge in [-0.1, -0.05) is 6.07 Å². The highest BCUT2D eigenvalue weighted by atomic mass is 19.1. The average molecular weight is 286 g/mol. The molecule has 1 aromatic heterocycles. The van der Waals surface area contributed by atoms with Crippen LogP contribution in [0.4, 0.5) is 4.39 Å². The molecule has 1 aromatic carbocycles. The normalized spacial score (nSPS) is 14.2. The molecule has 1 fully saturated rings. The molecule has 0 atom stereocenters. The van der Waals surface area contributed by atoms with Crippen LogP contribution in [0, 0.1) is 19.7 Å². The fourth-order valence-corrected chi connectivity index (χ4v) is 2.16. The van der Waals surface area contributed by atoms with Crippen molar-refractivity contribution in [3.63, 3.8) is 0 Å². The Morgan fingerprint density at radius 3 is 2.76 bits per heavy atom. The molecule has 0 spiro atoms. The fraction of sp³-hybridized carbons (Fsp3) is 0.353. The van der Waals surface area contributed by atoms with E-state index in [9.17, 15) is 4.39 Å². The Hall–Kier alpha value is -1.94. The predicted molar refractivity (Wildman–Crippen MR) is 80.0 cm³/mol. The Morgan fingerprint density at radius 2 is 2.05 bits per heavy atom. The highest BCUT2D eigenvalue weighted by Crippen LogP contribution is 2.27. The Morgan fingerprint density at radius 1 is 1.24 bits per heavy atom. The number of benzene rings is 1. The van der Waals surface area contributed by atoms with E-state index in [1.165, 1.54) is 25.0 Å². The SMILES string of the molecule is Cc1ccc(F)cc1Oc1ncc(CNC2CC2)cc1C. The minimum Gasteiger partial charge on any atom is -0.438 e. The third-order valence-electron chi connectivity index (χ3n) is 3.62. The number of nitrogens with one attached hydrogen (secondary N) is 1. The van der Waals surface area contributed by atoms with Gasteiger partial charge in [0, 0.05) is 30.4 Å². The van der Waals surface area contributed by atoms with E-state index in [1.807, 2.05) is 20.0 Å². The average Bonchev–Trinajstić information content (AvgIpc) is 3.27. The molecule has 0 amide bonds. The van der Waals surface area contributed by atoms with Gasteiger partial charge >= 0.3 is 0 Å². The lowest BCUT2D eigenvalue weighted by atomic mass is 10.2. The molecule has 0 saturated heterocycles. The van der Waals surface area contributed by atoms with Gasteiger partial charge in [0.25, 0.3) is 0 Å². The van der Waals surface area contributed by atoms with Gasteiger partial charge < -0.3 is 10.1 Å². The van der Waals surface area contributed by atoms with Crippen LogP contribution in [0.2, 0.25) is 0 Å². The van der Waals surface area contributed by atoms with Crippen molar-refractivity contribution in [1.29, 1.82) is 0 Å². The lowest BCUT2D eigenvalue weighted by molar-refractivity contribution is 0.450. The molecular formula is C17H19FN2O. The number of rotatable bonds is 5. The summed E-state index contributed by atoms with van der Waals surface area (Å²) in [6.07, 6.45) is 4.35. The van der Waals surface area contributed by atoms with Crippen LogP contribution in [0.3, 0.4) is 0 Å². The molecule has 0 bridgehead atoms.